The summed E-state index contributed by atoms with van der Waals surface area (Å²) in [5.74, 6) is -1.40. The number of nitrogens with zero attached hydrogens (tertiary/aromatic N) is 1. The fourth-order valence-corrected chi connectivity index (χ4v) is 1.87. The van der Waals surface area contributed by atoms with E-state index in [1.807, 2.05) is 6.92 Å². The Morgan fingerprint density at radius 2 is 2.26 bits per heavy atom. The Bertz CT molecular complexity index is 606. The van der Waals surface area contributed by atoms with Crippen LogP contribution in [-0.2, 0) is 4.79 Å². The minimum Gasteiger partial charge on any atom is -0.480 e. The van der Waals surface area contributed by atoms with Crippen LogP contribution in [-0.4, -0.2) is 33.2 Å². The minimum absolute atomic E-state index is 0.385. The Morgan fingerprint density at radius 1 is 1.47 bits per heavy atom. The summed E-state index contributed by atoms with van der Waals surface area (Å²) in [6.07, 6.45) is 2.72. The van der Waals surface area contributed by atoms with E-state index < -0.39 is 12.0 Å². The third-order valence-corrected chi connectivity index (χ3v) is 2.88. The molecule has 0 radical (unpaired) electrons. The summed E-state index contributed by atoms with van der Waals surface area (Å²) < 4.78 is 0. The fourth-order valence-electron chi connectivity index (χ4n) is 1.87. The van der Waals surface area contributed by atoms with Gasteiger partial charge in [-0.15, -0.1) is 0 Å². The zero-order chi connectivity index (χ0) is 13.8. The molecule has 0 aliphatic carbocycles. The molecule has 0 aliphatic heterocycles. The molecule has 0 aliphatic rings. The first-order valence-corrected chi connectivity index (χ1v) is 6.08. The average molecular weight is 261 g/mol. The summed E-state index contributed by atoms with van der Waals surface area (Å²) >= 11 is 0. The normalized spacial score (nSPS) is 12.3. The van der Waals surface area contributed by atoms with Gasteiger partial charge in [-0.3, -0.25) is 9.89 Å². The molecular formula is C13H15N3O3. The van der Waals surface area contributed by atoms with Crippen molar-refractivity contribution in [3.05, 3.63) is 30.0 Å². The zero-order valence-electron chi connectivity index (χ0n) is 10.5. The van der Waals surface area contributed by atoms with Crippen LogP contribution in [0.4, 0.5) is 0 Å². The van der Waals surface area contributed by atoms with E-state index in [9.17, 15) is 9.59 Å². The van der Waals surface area contributed by atoms with Gasteiger partial charge in [0.05, 0.1) is 11.7 Å². The van der Waals surface area contributed by atoms with Crippen LogP contribution in [0.2, 0.25) is 0 Å². The first-order valence-electron chi connectivity index (χ1n) is 6.08. The highest BCUT2D eigenvalue weighted by Gasteiger charge is 2.19. The lowest BCUT2D eigenvalue weighted by atomic mass is 10.1. The van der Waals surface area contributed by atoms with Crippen molar-refractivity contribution in [2.75, 3.05) is 0 Å². The molecular weight excluding hydrogens is 246 g/mol. The molecule has 1 atom stereocenters. The van der Waals surface area contributed by atoms with E-state index in [1.54, 1.807) is 24.4 Å². The fraction of sp³-hybridized carbons (Fsp3) is 0.308. The number of aromatic nitrogens is 2. The highest BCUT2D eigenvalue weighted by Crippen LogP contribution is 2.13. The second-order valence-electron chi connectivity index (χ2n) is 4.32. The van der Waals surface area contributed by atoms with Crippen molar-refractivity contribution < 1.29 is 14.7 Å². The number of hydrogen-bond acceptors (Lipinski definition) is 3. The molecule has 0 unspecified atom stereocenters. The number of fused-ring (bicyclic) bond motifs is 1. The van der Waals surface area contributed by atoms with Crippen molar-refractivity contribution in [3.63, 3.8) is 0 Å². The van der Waals surface area contributed by atoms with E-state index in [0.717, 1.165) is 10.9 Å². The van der Waals surface area contributed by atoms with Crippen LogP contribution in [0.5, 0.6) is 0 Å². The maximum Gasteiger partial charge on any atom is 0.326 e. The van der Waals surface area contributed by atoms with Crippen molar-refractivity contribution in [2.24, 2.45) is 0 Å². The SMILES string of the molecule is CCC[C@H](NC(=O)c1ccc2[nH]ncc2c1)C(=O)O. The van der Waals surface area contributed by atoms with Gasteiger partial charge in [-0.1, -0.05) is 13.3 Å². The van der Waals surface area contributed by atoms with Gasteiger partial charge < -0.3 is 10.4 Å². The Balaban J connectivity index is 2.16. The summed E-state index contributed by atoms with van der Waals surface area (Å²) in [6.45, 7) is 1.87. The molecule has 2 aromatic rings. The summed E-state index contributed by atoms with van der Waals surface area (Å²) in [4.78, 5) is 23.0. The zero-order valence-corrected chi connectivity index (χ0v) is 10.5. The van der Waals surface area contributed by atoms with Crippen LogP contribution < -0.4 is 5.32 Å². The largest absolute Gasteiger partial charge is 0.480 e. The number of nitrogens with one attached hydrogen (secondary N) is 2. The molecule has 3 N–H and O–H groups in total. The maximum absolute atomic E-state index is 12.0. The Morgan fingerprint density at radius 3 is 2.95 bits per heavy atom. The van der Waals surface area contributed by atoms with Crippen molar-refractivity contribution in [1.29, 1.82) is 0 Å². The van der Waals surface area contributed by atoms with Crippen LogP contribution in [0.15, 0.2) is 24.4 Å². The van der Waals surface area contributed by atoms with Crippen LogP contribution >= 0.6 is 0 Å². The predicted octanol–water partition coefficient (Wildman–Crippen LogP) is 1.55. The molecule has 2 rings (SSSR count). The molecule has 0 fully saturated rings. The molecule has 6 nitrogen and oxygen atoms in total. The van der Waals surface area contributed by atoms with E-state index in [-0.39, 0.29) is 5.91 Å². The lowest BCUT2D eigenvalue weighted by Crippen LogP contribution is -2.40. The number of aromatic amines is 1. The van der Waals surface area contributed by atoms with Gasteiger partial charge >= 0.3 is 5.97 Å². The molecule has 0 spiro atoms. The number of hydrogen-bond donors (Lipinski definition) is 3. The molecule has 1 amide bonds. The number of H-pyrrole nitrogens is 1. The summed E-state index contributed by atoms with van der Waals surface area (Å²) in [5.41, 5.74) is 1.26. The first-order chi connectivity index (χ1) is 9.11. The highest BCUT2D eigenvalue weighted by atomic mass is 16.4. The molecule has 1 heterocycles. The van der Waals surface area contributed by atoms with Gasteiger partial charge in [-0.2, -0.15) is 5.10 Å². The summed E-state index contributed by atoms with van der Waals surface area (Å²) in [5, 5.41) is 19.0. The minimum atomic E-state index is -1.01. The summed E-state index contributed by atoms with van der Waals surface area (Å²) in [6, 6.07) is 4.21. The monoisotopic (exact) mass is 261 g/mol. The van der Waals surface area contributed by atoms with Gasteiger partial charge in [0.1, 0.15) is 6.04 Å². The van der Waals surface area contributed by atoms with Gasteiger partial charge in [0, 0.05) is 10.9 Å². The molecule has 19 heavy (non-hydrogen) atoms. The molecule has 0 bridgehead atoms. The molecule has 100 valence electrons. The number of carbonyl (C=O) groups is 2. The van der Waals surface area contributed by atoms with E-state index in [4.69, 9.17) is 5.11 Å². The highest BCUT2D eigenvalue weighted by molar-refractivity contribution is 5.99. The number of aliphatic carboxylic acids is 1. The standard InChI is InChI=1S/C13H15N3O3/c1-2-3-11(13(18)19)15-12(17)8-4-5-10-9(6-8)7-14-16-10/h4-7,11H,2-3H2,1H3,(H,14,16)(H,15,17)(H,18,19)/t11-/m0/s1. The predicted molar refractivity (Wildman–Crippen MR) is 69.9 cm³/mol. The number of amides is 1. The first kappa shape index (κ1) is 13.1. The third-order valence-electron chi connectivity index (χ3n) is 2.88. The number of rotatable bonds is 5. The lowest BCUT2D eigenvalue weighted by molar-refractivity contribution is -0.139. The van der Waals surface area contributed by atoms with Crippen molar-refractivity contribution in [2.45, 2.75) is 25.8 Å². The molecule has 1 aromatic carbocycles. The van der Waals surface area contributed by atoms with Gasteiger partial charge in [0.15, 0.2) is 0 Å². The number of carboxylic acids is 1. The molecule has 1 aromatic heterocycles. The molecule has 6 heteroatoms. The van der Waals surface area contributed by atoms with E-state index in [1.165, 1.54) is 0 Å². The molecule has 0 saturated heterocycles. The second-order valence-corrected chi connectivity index (χ2v) is 4.32. The maximum atomic E-state index is 12.0. The van der Waals surface area contributed by atoms with Gasteiger partial charge in [0.2, 0.25) is 0 Å². The van der Waals surface area contributed by atoms with E-state index in [2.05, 4.69) is 15.5 Å². The van der Waals surface area contributed by atoms with E-state index in [0.29, 0.717) is 18.4 Å². The van der Waals surface area contributed by atoms with Crippen LogP contribution in [0, 0.1) is 0 Å². The average Bonchev–Trinajstić information content (AvgIpc) is 2.85. The Hall–Kier alpha value is -2.37. The Labute approximate surface area is 109 Å². The third kappa shape index (κ3) is 2.90. The van der Waals surface area contributed by atoms with Crippen molar-refractivity contribution in [1.82, 2.24) is 15.5 Å². The quantitative estimate of drug-likeness (QED) is 0.760. The van der Waals surface area contributed by atoms with Crippen LogP contribution in [0.3, 0.4) is 0 Å². The van der Waals surface area contributed by atoms with Crippen molar-refractivity contribution >= 4 is 22.8 Å². The number of benzene rings is 1. The smallest absolute Gasteiger partial charge is 0.326 e. The van der Waals surface area contributed by atoms with Gasteiger partial charge in [-0.25, -0.2) is 4.79 Å². The lowest BCUT2D eigenvalue weighted by Gasteiger charge is -2.13. The topological polar surface area (TPSA) is 95.1 Å². The Kier molecular flexibility index (Phi) is 3.79. The van der Waals surface area contributed by atoms with E-state index >= 15 is 0 Å². The second kappa shape index (κ2) is 5.51. The van der Waals surface area contributed by atoms with Gasteiger partial charge in [-0.05, 0) is 24.6 Å². The van der Waals surface area contributed by atoms with Gasteiger partial charge in [0.25, 0.3) is 5.91 Å². The van der Waals surface area contributed by atoms with Crippen LogP contribution in [0.1, 0.15) is 30.1 Å². The summed E-state index contributed by atoms with van der Waals surface area (Å²) in [7, 11) is 0. The number of carboxylic acid groups (broad SMARTS) is 1. The molecule has 0 saturated carbocycles. The van der Waals surface area contributed by atoms with Crippen molar-refractivity contribution in [3.8, 4) is 0 Å². The number of carbonyl (C=O) groups excluding carboxylic acids is 1. The van der Waals surface area contributed by atoms with Crippen LogP contribution in [0.25, 0.3) is 10.9 Å².